The largest absolute Gasteiger partial charge is 0.494 e. The van der Waals surface area contributed by atoms with Gasteiger partial charge in [0.1, 0.15) is 0 Å². The highest BCUT2D eigenvalue weighted by Crippen LogP contribution is 2.24. The monoisotopic (exact) mass is 232 g/mol. The van der Waals surface area contributed by atoms with E-state index in [9.17, 15) is 5.11 Å². The topological polar surface area (TPSA) is 57.6 Å². The lowest BCUT2D eigenvalue weighted by atomic mass is 10.2. The minimum atomic E-state index is 0.168. The molecule has 90 valence electrons. The molecule has 1 aromatic heterocycles. The molecule has 0 spiro atoms. The van der Waals surface area contributed by atoms with Crippen LogP contribution in [0.4, 0.5) is 0 Å². The van der Waals surface area contributed by atoms with Crippen LogP contribution in [0, 0.1) is 0 Å². The summed E-state index contributed by atoms with van der Waals surface area (Å²) < 4.78 is 4.94. The molecule has 0 unspecified atom stereocenters. The van der Waals surface area contributed by atoms with Crippen molar-refractivity contribution in [1.29, 1.82) is 0 Å². The molecule has 0 bridgehead atoms. The van der Waals surface area contributed by atoms with E-state index in [2.05, 4.69) is 9.98 Å². The summed E-state index contributed by atoms with van der Waals surface area (Å²) in [4.78, 5) is 7.20. The Morgan fingerprint density at radius 3 is 3.06 bits per heavy atom. The van der Waals surface area contributed by atoms with Crippen molar-refractivity contribution in [2.45, 2.75) is 6.42 Å². The second-order valence-corrected chi connectivity index (χ2v) is 3.81. The van der Waals surface area contributed by atoms with Crippen molar-refractivity contribution in [2.24, 2.45) is 4.99 Å². The van der Waals surface area contributed by atoms with Crippen LogP contribution in [0.15, 0.2) is 29.3 Å². The second kappa shape index (κ2) is 5.50. The first-order chi connectivity index (χ1) is 8.33. The highest BCUT2D eigenvalue weighted by Gasteiger charge is 2.06. The molecular weight excluding hydrogens is 216 g/mol. The summed E-state index contributed by atoms with van der Waals surface area (Å²) in [6.45, 7) is 1.41. The number of methoxy groups -OCH3 is 1. The molecule has 17 heavy (non-hydrogen) atoms. The van der Waals surface area contributed by atoms with Crippen molar-refractivity contribution in [3.63, 3.8) is 0 Å². The third-order valence-electron chi connectivity index (χ3n) is 2.58. The number of aliphatic imine (C=N–C) groups is 1. The summed E-state index contributed by atoms with van der Waals surface area (Å²) in [6, 6.07) is 7.76. The van der Waals surface area contributed by atoms with E-state index in [-0.39, 0.29) is 5.88 Å². The average molecular weight is 232 g/mol. The highest BCUT2D eigenvalue weighted by molar-refractivity contribution is 6.01. The first-order valence-electron chi connectivity index (χ1n) is 5.61. The number of fused-ring (bicyclic) bond motifs is 1. The molecule has 2 N–H and O–H groups in total. The Bertz CT molecular complexity index is 517. The standard InChI is InChI=1S/C13H16N2O2/c1-17-8-4-7-14-9-11-10-5-2-3-6-12(10)15-13(11)16/h2-3,5-6,9,15-16H,4,7-8H2,1H3. The molecule has 0 aliphatic carbocycles. The maximum atomic E-state index is 9.77. The van der Waals surface area contributed by atoms with Crippen molar-refractivity contribution < 1.29 is 9.84 Å². The van der Waals surface area contributed by atoms with Crippen LogP contribution in [-0.4, -0.2) is 36.6 Å². The molecule has 2 aromatic rings. The summed E-state index contributed by atoms with van der Waals surface area (Å²) in [5.74, 6) is 0.168. The molecule has 0 aliphatic rings. The Labute approximate surface area is 100.0 Å². The lowest BCUT2D eigenvalue weighted by Gasteiger charge is -1.94. The quantitative estimate of drug-likeness (QED) is 0.614. The van der Waals surface area contributed by atoms with Crippen LogP contribution < -0.4 is 0 Å². The van der Waals surface area contributed by atoms with Crippen LogP contribution in [0.5, 0.6) is 5.88 Å². The van der Waals surface area contributed by atoms with Gasteiger partial charge in [-0.2, -0.15) is 0 Å². The van der Waals surface area contributed by atoms with E-state index in [1.54, 1.807) is 13.3 Å². The molecule has 0 amide bonds. The van der Waals surface area contributed by atoms with Gasteiger partial charge < -0.3 is 14.8 Å². The summed E-state index contributed by atoms with van der Waals surface area (Å²) >= 11 is 0. The molecule has 1 aromatic carbocycles. The van der Waals surface area contributed by atoms with E-state index in [1.165, 1.54) is 0 Å². The molecule has 0 atom stereocenters. The predicted octanol–water partition coefficient (Wildman–Crippen LogP) is 2.33. The Morgan fingerprint density at radius 1 is 1.41 bits per heavy atom. The molecule has 0 saturated heterocycles. The molecule has 0 radical (unpaired) electrons. The first kappa shape index (κ1) is 11.7. The van der Waals surface area contributed by atoms with Crippen LogP contribution in [0.25, 0.3) is 10.9 Å². The third-order valence-corrected chi connectivity index (χ3v) is 2.58. The lowest BCUT2D eigenvalue weighted by molar-refractivity contribution is 0.197. The van der Waals surface area contributed by atoms with Gasteiger partial charge in [-0.05, 0) is 12.5 Å². The van der Waals surface area contributed by atoms with Gasteiger partial charge in [-0.25, -0.2) is 0 Å². The Morgan fingerprint density at radius 2 is 2.24 bits per heavy atom. The minimum Gasteiger partial charge on any atom is -0.494 e. The van der Waals surface area contributed by atoms with Gasteiger partial charge in [0.15, 0.2) is 5.88 Å². The van der Waals surface area contributed by atoms with Gasteiger partial charge in [-0.1, -0.05) is 18.2 Å². The summed E-state index contributed by atoms with van der Waals surface area (Å²) in [7, 11) is 1.68. The number of nitrogens with zero attached hydrogens (tertiary/aromatic N) is 1. The number of hydrogen-bond acceptors (Lipinski definition) is 3. The lowest BCUT2D eigenvalue weighted by Crippen LogP contribution is -1.91. The van der Waals surface area contributed by atoms with Gasteiger partial charge in [0.05, 0.1) is 5.56 Å². The van der Waals surface area contributed by atoms with Gasteiger partial charge in [0, 0.05) is 37.4 Å². The van der Waals surface area contributed by atoms with Crippen molar-refractivity contribution in [2.75, 3.05) is 20.3 Å². The minimum absolute atomic E-state index is 0.168. The van der Waals surface area contributed by atoms with Crippen molar-refractivity contribution in [3.8, 4) is 5.88 Å². The fourth-order valence-electron chi connectivity index (χ4n) is 1.74. The highest BCUT2D eigenvalue weighted by atomic mass is 16.5. The number of aromatic amines is 1. The second-order valence-electron chi connectivity index (χ2n) is 3.81. The predicted molar refractivity (Wildman–Crippen MR) is 68.9 cm³/mol. The van der Waals surface area contributed by atoms with Crippen molar-refractivity contribution in [1.82, 2.24) is 4.98 Å². The van der Waals surface area contributed by atoms with Gasteiger partial charge >= 0.3 is 0 Å². The van der Waals surface area contributed by atoms with E-state index < -0.39 is 0 Å². The molecule has 0 saturated carbocycles. The van der Waals surface area contributed by atoms with Crippen LogP contribution in [-0.2, 0) is 4.74 Å². The molecule has 0 aliphatic heterocycles. The number of benzene rings is 1. The number of aromatic hydroxyl groups is 1. The van der Waals surface area contributed by atoms with Gasteiger partial charge in [-0.15, -0.1) is 0 Å². The fraction of sp³-hybridized carbons (Fsp3) is 0.308. The van der Waals surface area contributed by atoms with Gasteiger partial charge in [-0.3, -0.25) is 4.99 Å². The zero-order chi connectivity index (χ0) is 12.1. The Hall–Kier alpha value is -1.81. The molecule has 1 heterocycles. The number of aromatic nitrogens is 1. The third kappa shape index (κ3) is 2.65. The van der Waals surface area contributed by atoms with E-state index in [1.807, 2.05) is 24.3 Å². The number of H-pyrrole nitrogens is 1. The average Bonchev–Trinajstić information content (AvgIpc) is 2.65. The number of nitrogens with one attached hydrogen (secondary N) is 1. The molecule has 4 nitrogen and oxygen atoms in total. The van der Waals surface area contributed by atoms with Crippen LogP contribution in [0.2, 0.25) is 0 Å². The van der Waals surface area contributed by atoms with E-state index in [4.69, 9.17) is 4.74 Å². The van der Waals surface area contributed by atoms with E-state index in [0.29, 0.717) is 13.2 Å². The summed E-state index contributed by atoms with van der Waals surface area (Å²) in [5, 5.41) is 10.8. The fourth-order valence-corrected chi connectivity index (χ4v) is 1.74. The van der Waals surface area contributed by atoms with Crippen molar-refractivity contribution in [3.05, 3.63) is 29.8 Å². The Kier molecular flexibility index (Phi) is 3.77. The number of hydrogen-bond donors (Lipinski definition) is 2. The van der Waals surface area contributed by atoms with Gasteiger partial charge in [0.2, 0.25) is 0 Å². The molecular formula is C13H16N2O2. The normalized spacial score (nSPS) is 11.6. The van der Waals surface area contributed by atoms with Crippen LogP contribution in [0.3, 0.4) is 0 Å². The maximum absolute atomic E-state index is 9.77. The zero-order valence-corrected chi connectivity index (χ0v) is 9.81. The van der Waals surface area contributed by atoms with E-state index in [0.717, 1.165) is 22.9 Å². The number of rotatable bonds is 5. The molecule has 2 rings (SSSR count). The molecule has 0 fully saturated rings. The van der Waals surface area contributed by atoms with Crippen LogP contribution in [0.1, 0.15) is 12.0 Å². The summed E-state index contributed by atoms with van der Waals surface area (Å²) in [5.41, 5.74) is 1.67. The number of ether oxygens (including phenoxy) is 1. The number of para-hydroxylation sites is 1. The first-order valence-corrected chi connectivity index (χ1v) is 5.61. The Balaban J connectivity index is 2.15. The smallest absolute Gasteiger partial charge is 0.198 e. The van der Waals surface area contributed by atoms with Gasteiger partial charge in [0.25, 0.3) is 0 Å². The maximum Gasteiger partial charge on any atom is 0.198 e. The van der Waals surface area contributed by atoms with Crippen molar-refractivity contribution >= 4 is 17.1 Å². The molecule has 4 heteroatoms. The SMILES string of the molecule is COCCCN=Cc1c(O)[nH]c2ccccc12. The summed E-state index contributed by atoms with van der Waals surface area (Å²) in [6.07, 6.45) is 2.60. The zero-order valence-electron chi connectivity index (χ0n) is 9.81. The van der Waals surface area contributed by atoms with Crippen LogP contribution >= 0.6 is 0 Å². The van der Waals surface area contributed by atoms with E-state index >= 15 is 0 Å².